The van der Waals surface area contributed by atoms with Crippen molar-refractivity contribution in [3.8, 4) is 0 Å². The van der Waals surface area contributed by atoms with Gasteiger partial charge in [0, 0.05) is 50.5 Å². The van der Waals surface area contributed by atoms with E-state index in [2.05, 4.69) is 17.1 Å². The number of carbonyl (C=O) groups is 1. The highest BCUT2D eigenvalue weighted by atomic mass is 35.5. The van der Waals surface area contributed by atoms with E-state index in [1.807, 2.05) is 4.90 Å². The van der Waals surface area contributed by atoms with Gasteiger partial charge in [0.15, 0.2) is 5.15 Å². The van der Waals surface area contributed by atoms with Crippen molar-refractivity contribution in [3.05, 3.63) is 17.0 Å². The molecule has 7 heteroatoms. The fourth-order valence-corrected chi connectivity index (χ4v) is 4.10. The second kappa shape index (κ2) is 6.79. The molecule has 0 saturated carbocycles. The average Bonchev–Trinajstić information content (AvgIpc) is 2.95. The number of hydrogen-bond donors (Lipinski definition) is 1. The lowest BCUT2D eigenvalue weighted by Crippen LogP contribution is -2.59. The first kappa shape index (κ1) is 16.7. The van der Waals surface area contributed by atoms with Crippen LogP contribution in [-0.4, -0.2) is 65.3 Å². The molecule has 1 N–H and O–H groups in total. The Balaban J connectivity index is 1.60. The fraction of sp³-hybridized carbons (Fsp3) is 0.750. The zero-order valence-electron chi connectivity index (χ0n) is 13.5. The molecule has 2 aliphatic rings. The van der Waals surface area contributed by atoms with E-state index in [-0.39, 0.29) is 17.4 Å². The molecule has 3 rings (SSSR count). The number of aryl methyl sites for hydroxylation is 1. The number of hydrogen-bond acceptors (Lipinski definition) is 5. The number of aliphatic hydroxyl groups excluding tert-OH is 1. The summed E-state index contributed by atoms with van der Waals surface area (Å²) >= 11 is 5.72. The Morgan fingerprint density at radius 3 is 3.09 bits per heavy atom. The maximum atomic E-state index is 12.5. The Labute approximate surface area is 141 Å². The molecule has 2 fully saturated rings. The molecule has 1 aromatic heterocycles. The Kier molecular flexibility index (Phi) is 4.94. The molecule has 0 radical (unpaired) electrons. The monoisotopic (exact) mass is 341 g/mol. The van der Waals surface area contributed by atoms with Crippen LogP contribution >= 0.6 is 11.6 Å². The first-order chi connectivity index (χ1) is 11.0. The van der Waals surface area contributed by atoms with E-state index in [0.717, 1.165) is 38.9 Å². The van der Waals surface area contributed by atoms with E-state index in [4.69, 9.17) is 16.1 Å². The molecule has 0 unspecified atom stereocenters. The van der Waals surface area contributed by atoms with Gasteiger partial charge in [0.25, 0.3) is 0 Å². The topological polar surface area (TPSA) is 69.8 Å². The molecule has 1 aromatic rings. The van der Waals surface area contributed by atoms with Crippen LogP contribution in [0, 0.1) is 5.41 Å². The normalized spacial score (nSPS) is 29.2. The number of aromatic nitrogens is 1. The number of halogens is 1. The molecule has 1 spiro atoms. The van der Waals surface area contributed by atoms with Crippen molar-refractivity contribution in [3.63, 3.8) is 0 Å². The Hall–Kier alpha value is -1.11. The van der Waals surface area contributed by atoms with Crippen LogP contribution in [0.15, 0.2) is 10.6 Å². The summed E-state index contributed by atoms with van der Waals surface area (Å²) in [6.45, 7) is 3.20. The molecule has 0 aliphatic carbocycles. The minimum Gasteiger partial charge on any atom is -0.392 e. The summed E-state index contributed by atoms with van der Waals surface area (Å²) in [6.07, 6.45) is 3.29. The van der Waals surface area contributed by atoms with Crippen LogP contribution in [0.3, 0.4) is 0 Å². The summed E-state index contributed by atoms with van der Waals surface area (Å²) < 4.78 is 5.04. The number of nitrogens with zero attached hydrogens (tertiary/aromatic N) is 3. The van der Waals surface area contributed by atoms with Crippen molar-refractivity contribution in [2.75, 3.05) is 33.2 Å². The number of amides is 1. The van der Waals surface area contributed by atoms with Crippen molar-refractivity contribution in [1.82, 2.24) is 15.0 Å². The standard InChI is InChI=1S/C16H24ClN3O3/c1-19-8-5-13(21)16(10-19)6-2-7-20(11-16)15(22)4-3-12-9-14(17)18-23-12/h9,13,21H,2-8,10-11H2,1H3/t13-,16-/m0/s1. The molecular weight excluding hydrogens is 318 g/mol. The van der Waals surface area contributed by atoms with Gasteiger partial charge in [-0.15, -0.1) is 0 Å². The molecule has 23 heavy (non-hydrogen) atoms. The summed E-state index contributed by atoms with van der Waals surface area (Å²) in [5, 5.41) is 14.4. The van der Waals surface area contributed by atoms with Gasteiger partial charge in [0.2, 0.25) is 5.91 Å². The van der Waals surface area contributed by atoms with E-state index in [0.29, 0.717) is 30.3 Å². The minimum atomic E-state index is -0.317. The van der Waals surface area contributed by atoms with Crippen LogP contribution in [0.4, 0.5) is 0 Å². The molecule has 3 heterocycles. The number of likely N-dealkylation sites (tertiary alicyclic amines) is 2. The molecule has 0 bridgehead atoms. The summed E-state index contributed by atoms with van der Waals surface area (Å²) in [5.74, 6) is 0.740. The highest BCUT2D eigenvalue weighted by molar-refractivity contribution is 6.29. The smallest absolute Gasteiger partial charge is 0.223 e. The Bertz CT molecular complexity index is 565. The molecular formula is C16H24ClN3O3. The predicted molar refractivity (Wildman–Crippen MR) is 86.2 cm³/mol. The summed E-state index contributed by atoms with van der Waals surface area (Å²) in [7, 11) is 2.09. The summed E-state index contributed by atoms with van der Waals surface area (Å²) in [5.41, 5.74) is -0.170. The van der Waals surface area contributed by atoms with E-state index in [1.165, 1.54) is 0 Å². The van der Waals surface area contributed by atoms with Gasteiger partial charge < -0.3 is 19.4 Å². The second-order valence-electron chi connectivity index (χ2n) is 6.94. The van der Waals surface area contributed by atoms with Gasteiger partial charge in [0.1, 0.15) is 5.76 Å². The zero-order valence-corrected chi connectivity index (χ0v) is 14.3. The van der Waals surface area contributed by atoms with Gasteiger partial charge in [-0.3, -0.25) is 4.79 Å². The van der Waals surface area contributed by atoms with E-state index >= 15 is 0 Å². The third-order valence-electron chi connectivity index (χ3n) is 5.15. The summed E-state index contributed by atoms with van der Waals surface area (Å²) in [4.78, 5) is 16.7. The maximum absolute atomic E-state index is 12.5. The van der Waals surface area contributed by atoms with Crippen molar-refractivity contribution in [2.45, 2.75) is 38.2 Å². The number of aliphatic hydroxyl groups is 1. The minimum absolute atomic E-state index is 0.108. The van der Waals surface area contributed by atoms with Crippen LogP contribution in [0.5, 0.6) is 0 Å². The number of piperidine rings is 2. The first-order valence-corrected chi connectivity index (χ1v) is 8.62. The van der Waals surface area contributed by atoms with Crippen LogP contribution in [0.1, 0.15) is 31.4 Å². The first-order valence-electron chi connectivity index (χ1n) is 8.24. The molecule has 1 amide bonds. The third kappa shape index (κ3) is 3.70. The quantitative estimate of drug-likeness (QED) is 0.903. The molecule has 2 atom stereocenters. The van der Waals surface area contributed by atoms with Crippen molar-refractivity contribution >= 4 is 17.5 Å². The van der Waals surface area contributed by atoms with Crippen molar-refractivity contribution < 1.29 is 14.4 Å². The molecule has 2 saturated heterocycles. The highest BCUT2D eigenvalue weighted by Crippen LogP contribution is 2.38. The average molecular weight is 342 g/mol. The van der Waals surface area contributed by atoms with Gasteiger partial charge in [0.05, 0.1) is 6.10 Å². The van der Waals surface area contributed by atoms with E-state index in [9.17, 15) is 9.90 Å². The SMILES string of the molecule is CN1CC[C@H](O)[C@@]2(CCCN(C(=O)CCc3cc(Cl)no3)C2)C1. The Morgan fingerprint density at radius 2 is 2.35 bits per heavy atom. The van der Waals surface area contributed by atoms with Crippen molar-refractivity contribution in [1.29, 1.82) is 0 Å². The second-order valence-corrected chi connectivity index (χ2v) is 7.33. The molecule has 128 valence electrons. The summed E-state index contributed by atoms with van der Waals surface area (Å²) in [6, 6.07) is 1.65. The van der Waals surface area contributed by atoms with E-state index in [1.54, 1.807) is 6.07 Å². The lowest BCUT2D eigenvalue weighted by atomic mass is 9.71. The van der Waals surface area contributed by atoms with Gasteiger partial charge >= 0.3 is 0 Å². The van der Waals surface area contributed by atoms with Gasteiger partial charge in [-0.05, 0) is 26.3 Å². The predicted octanol–water partition coefficient (Wildman–Crippen LogP) is 1.57. The van der Waals surface area contributed by atoms with Crippen LogP contribution in [-0.2, 0) is 11.2 Å². The van der Waals surface area contributed by atoms with Gasteiger partial charge in [-0.2, -0.15) is 0 Å². The molecule has 6 nitrogen and oxygen atoms in total. The fourth-order valence-electron chi connectivity index (χ4n) is 3.94. The Morgan fingerprint density at radius 1 is 1.52 bits per heavy atom. The van der Waals surface area contributed by atoms with Crippen molar-refractivity contribution in [2.24, 2.45) is 5.41 Å². The zero-order chi connectivity index (χ0) is 16.4. The van der Waals surface area contributed by atoms with Gasteiger partial charge in [-0.25, -0.2) is 0 Å². The number of rotatable bonds is 3. The maximum Gasteiger partial charge on any atom is 0.223 e. The van der Waals surface area contributed by atoms with Crippen LogP contribution in [0.2, 0.25) is 5.15 Å². The lowest BCUT2D eigenvalue weighted by Gasteiger charge is -2.50. The molecule has 0 aromatic carbocycles. The third-order valence-corrected chi connectivity index (χ3v) is 5.33. The number of carbonyl (C=O) groups excluding carboxylic acids is 1. The lowest BCUT2D eigenvalue weighted by molar-refractivity contribution is -0.140. The van der Waals surface area contributed by atoms with Gasteiger partial charge in [-0.1, -0.05) is 16.8 Å². The highest BCUT2D eigenvalue weighted by Gasteiger charge is 2.45. The van der Waals surface area contributed by atoms with Crippen LogP contribution in [0.25, 0.3) is 0 Å². The van der Waals surface area contributed by atoms with E-state index < -0.39 is 0 Å². The van der Waals surface area contributed by atoms with Crippen LogP contribution < -0.4 is 0 Å². The molecule has 2 aliphatic heterocycles. The largest absolute Gasteiger partial charge is 0.392 e.